The molecule has 4 aliphatic carbocycles. The quantitative estimate of drug-likeness (QED) is 0.846. The predicted molar refractivity (Wildman–Crippen MR) is 96.0 cm³/mol. The summed E-state index contributed by atoms with van der Waals surface area (Å²) in [6.07, 6.45) is 6.10. The molecule has 4 aliphatic rings. The first-order valence-corrected chi connectivity index (χ1v) is 9.53. The molecule has 4 fully saturated rings. The standard InChI is InChI=1S/C21H27NO3/c1-12-3-4-13(2)18(5-12)22-19(23)11-25-21(24)20-16-7-14-6-15(9-16)10-17(20)8-14/h3-5,14-17,20H,6-11H2,1-2H3,(H,22,23). The van der Waals surface area contributed by atoms with Gasteiger partial charge < -0.3 is 10.1 Å². The number of rotatable bonds is 4. The molecule has 0 spiro atoms. The Hall–Kier alpha value is -1.84. The Morgan fingerprint density at radius 3 is 2.32 bits per heavy atom. The Labute approximate surface area is 149 Å². The van der Waals surface area contributed by atoms with Crippen LogP contribution in [0.25, 0.3) is 0 Å². The van der Waals surface area contributed by atoms with Gasteiger partial charge in [-0.1, -0.05) is 12.1 Å². The summed E-state index contributed by atoms with van der Waals surface area (Å²) in [4.78, 5) is 24.8. The van der Waals surface area contributed by atoms with Gasteiger partial charge in [-0.3, -0.25) is 9.59 Å². The van der Waals surface area contributed by atoms with Gasteiger partial charge in [-0.2, -0.15) is 0 Å². The maximum Gasteiger partial charge on any atom is 0.310 e. The van der Waals surface area contributed by atoms with Crippen molar-refractivity contribution in [2.75, 3.05) is 11.9 Å². The molecular formula is C21H27NO3. The molecule has 0 aromatic heterocycles. The molecule has 25 heavy (non-hydrogen) atoms. The summed E-state index contributed by atoms with van der Waals surface area (Å²) in [5, 5.41) is 2.86. The highest BCUT2D eigenvalue weighted by molar-refractivity contribution is 5.93. The molecule has 0 aliphatic heterocycles. The van der Waals surface area contributed by atoms with Crippen LogP contribution >= 0.6 is 0 Å². The molecule has 0 unspecified atom stereocenters. The number of ether oxygens (including phenoxy) is 1. The highest BCUT2D eigenvalue weighted by Crippen LogP contribution is 2.56. The van der Waals surface area contributed by atoms with E-state index in [1.807, 2.05) is 32.0 Å². The minimum absolute atomic E-state index is 0.0290. The first kappa shape index (κ1) is 16.6. The molecule has 1 aromatic carbocycles. The number of nitrogens with one attached hydrogen (secondary N) is 1. The lowest BCUT2D eigenvalue weighted by molar-refractivity contribution is -0.164. The first-order valence-electron chi connectivity index (χ1n) is 9.53. The summed E-state index contributed by atoms with van der Waals surface area (Å²) < 4.78 is 5.42. The largest absolute Gasteiger partial charge is 0.455 e. The van der Waals surface area contributed by atoms with Crippen molar-refractivity contribution in [3.8, 4) is 0 Å². The number of esters is 1. The monoisotopic (exact) mass is 341 g/mol. The first-order chi connectivity index (χ1) is 12.0. The Morgan fingerprint density at radius 2 is 1.68 bits per heavy atom. The molecule has 5 rings (SSSR count). The lowest BCUT2D eigenvalue weighted by Gasteiger charge is -2.53. The van der Waals surface area contributed by atoms with Gasteiger partial charge in [0.05, 0.1) is 5.92 Å². The fraction of sp³-hybridized carbons (Fsp3) is 0.619. The van der Waals surface area contributed by atoms with Crippen LogP contribution in [0.15, 0.2) is 18.2 Å². The van der Waals surface area contributed by atoms with Crippen molar-refractivity contribution >= 4 is 17.6 Å². The lowest BCUT2D eigenvalue weighted by Crippen LogP contribution is -2.48. The van der Waals surface area contributed by atoms with Crippen molar-refractivity contribution in [1.29, 1.82) is 0 Å². The van der Waals surface area contributed by atoms with Crippen molar-refractivity contribution < 1.29 is 14.3 Å². The van der Waals surface area contributed by atoms with Crippen LogP contribution in [0.1, 0.15) is 43.2 Å². The van der Waals surface area contributed by atoms with Crippen LogP contribution < -0.4 is 5.32 Å². The van der Waals surface area contributed by atoms with Crippen molar-refractivity contribution in [3.05, 3.63) is 29.3 Å². The highest BCUT2D eigenvalue weighted by atomic mass is 16.5. The number of aryl methyl sites for hydroxylation is 2. The molecule has 0 saturated heterocycles. The normalized spacial score (nSPS) is 32.5. The summed E-state index contributed by atoms with van der Waals surface area (Å²) in [7, 11) is 0. The fourth-order valence-electron chi connectivity index (χ4n) is 5.60. The molecule has 4 bridgehead atoms. The summed E-state index contributed by atoms with van der Waals surface area (Å²) in [5.41, 5.74) is 2.88. The van der Waals surface area contributed by atoms with Crippen LogP contribution in [0.3, 0.4) is 0 Å². The Balaban J connectivity index is 1.33. The van der Waals surface area contributed by atoms with Crippen molar-refractivity contribution in [2.24, 2.45) is 29.6 Å². The van der Waals surface area contributed by atoms with Crippen LogP contribution in [0.2, 0.25) is 0 Å². The molecule has 0 radical (unpaired) electrons. The smallest absolute Gasteiger partial charge is 0.310 e. The lowest BCUT2D eigenvalue weighted by atomic mass is 9.52. The molecule has 1 aromatic rings. The van der Waals surface area contributed by atoms with Crippen molar-refractivity contribution in [3.63, 3.8) is 0 Å². The van der Waals surface area contributed by atoms with E-state index in [1.165, 1.54) is 32.1 Å². The third kappa shape index (κ3) is 3.31. The number of amides is 1. The third-order valence-electron chi connectivity index (χ3n) is 6.51. The molecule has 1 N–H and O–H groups in total. The average Bonchev–Trinajstić information content (AvgIpc) is 2.55. The van der Waals surface area contributed by atoms with E-state index in [-0.39, 0.29) is 24.4 Å². The number of hydrogen-bond donors (Lipinski definition) is 1. The average molecular weight is 341 g/mol. The zero-order chi connectivity index (χ0) is 17.6. The second-order valence-corrected chi connectivity index (χ2v) is 8.43. The predicted octanol–water partition coefficient (Wildman–Crippen LogP) is 3.86. The van der Waals surface area contributed by atoms with Gasteiger partial charge in [0.2, 0.25) is 0 Å². The Morgan fingerprint density at radius 1 is 1.04 bits per heavy atom. The van der Waals surface area contributed by atoms with E-state index in [0.29, 0.717) is 11.8 Å². The van der Waals surface area contributed by atoms with Crippen LogP contribution in [0.4, 0.5) is 5.69 Å². The molecule has 4 nitrogen and oxygen atoms in total. The number of hydrogen-bond acceptors (Lipinski definition) is 3. The van der Waals surface area contributed by atoms with E-state index >= 15 is 0 Å². The van der Waals surface area contributed by atoms with Crippen molar-refractivity contribution in [1.82, 2.24) is 0 Å². The molecule has 0 atom stereocenters. The van der Waals surface area contributed by atoms with E-state index in [2.05, 4.69) is 5.32 Å². The molecular weight excluding hydrogens is 314 g/mol. The van der Waals surface area contributed by atoms with Gasteiger partial charge in [0, 0.05) is 5.69 Å². The summed E-state index contributed by atoms with van der Waals surface area (Å²) >= 11 is 0. The fourth-order valence-corrected chi connectivity index (χ4v) is 5.60. The van der Waals surface area contributed by atoms with Crippen LogP contribution in [0, 0.1) is 43.4 Å². The topological polar surface area (TPSA) is 55.4 Å². The number of benzene rings is 1. The van der Waals surface area contributed by atoms with Crippen LogP contribution in [-0.4, -0.2) is 18.5 Å². The maximum atomic E-state index is 12.6. The van der Waals surface area contributed by atoms with Gasteiger partial charge in [-0.25, -0.2) is 0 Å². The minimum Gasteiger partial charge on any atom is -0.455 e. The highest BCUT2D eigenvalue weighted by Gasteiger charge is 2.51. The van der Waals surface area contributed by atoms with Gasteiger partial charge in [-0.15, -0.1) is 0 Å². The van der Waals surface area contributed by atoms with E-state index < -0.39 is 0 Å². The van der Waals surface area contributed by atoms with Gasteiger partial charge in [0.1, 0.15) is 0 Å². The van der Waals surface area contributed by atoms with E-state index in [0.717, 1.165) is 28.7 Å². The van der Waals surface area contributed by atoms with Crippen LogP contribution in [-0.2, 0) is 14.3 Å². The van der Waals surface area contributed by atoms with E-state index in [4.69, 9.17) is 4.74 Å². The van der Waals surface area contributed by atoms with E-state index in [1.54, 1.807) is 0 Å². The SMILES string of the molecule is Cc1ccc(C)c(NC(=O)COC(=O)C2C3CC4CC(C3)CC2C4)c1. The number of carbonyl (C=O) groups excluding carboxylic acids is 2. The van der Waals surface area contributed by atoms with Crippen molar-refractivity contribution in [2.45, 2.75) is 46.0 Å². The van der Waals surface area contributed by atoms with E-state index in [9.17, 15) is 9.59 Å². The van der Waals surface area contributed by atoms with Gasteiger partial charge >= 0.3 is 5.97 Å². The molecule has 134 valence electrons. The van der Waals surface area contributed by atoms with Gasteiger partial charge in [0.15, 0.2) is 6.61 Å². The molecule has 4 heteroatoms. The van der Waals surface area contributed by atoms with Crippen LogP contribution in [0.5, 0.6) is 0 Å². The summed E-state index contributed by atoms with van der Waals surface area (Å²) in [6.45, 7) is 3.76. The number of anilines is 1. The molecule has 4 saturated carbocycles. The Bertz CT molecular complexity index is 668. The third-order valence-corrected chi connectivity index (χ3v) is 6.51. The summed E-state index contributed by atoms with van der Waals surface area (Å²) in [6, 6.07) is 5.93. The molecule has 1 amide bonds. The minimum atomic E-state index is -0.258. The van der Waals surface area contributed by atoms with Gasteiger partial charge in [0.25, 0.3) is 5.91 Å². The summed E-state index contributed by atoms with van der Waals surface area (Å²) in [5.74, 6) is 2.27. The maximum absolute atomic E-state index is 12.6. The molecule has 0 heterocycles. The van der Waals surface area contributed by atoms with Gasteiger partial charge in [-0.05, 0) is 86.8 Å². The zero-order valence-corrected chi connectivity index (χ0v) is 15.1. The second-order valence-electron chi connectivity index (χ2n) is 8.43. The zero-order valence-electron chi connectivity index (χ0n) is 15.1. The Kier molecular flexibility index (Phi) is 4.30. The number of carbonyl (C=O) groups is 2. The second kappa shape index (κ2) is 6.47.